The molecule has 6 nitrogen and oxygen atoms in total. The molecule has 0 radical (unpaired) electrons. The highest BCUT2D eigenvalue weighted by molar-refractivity contribution is 7.86. The Morgan fingerprint density at radius 2 is 1.83 bits per heavy atom. The Bertz CT molecular complexity index is 495. The molecule has 0 saturated carbocycles. The molecule has 0 aromatic carbocycles. The summed E-state index contributed by atoms with van der Waals surface area (Å²) < 4.78 is 65.2. The first-order valence-corrected chi connectivity index (χ1v) is 12.4. The van der Waals surface area contributed by atoms with E-state index in [2.05, 4.69) is 11.7 Å². The first kappa shape index (κ1) is 23.4. The van der Waals surface area contributed by atoms with E-state index in [1.165, 1.54) is 0 Å². The fourth-order valence-corrected chi connectivity index (χ4v) is 4.53. The van der Waals surface area contributed by atoms with Crippen molar-refractivity contribution in [1.82, 2.24) is 0 Å². The molecule has 0 saturated heterocycles. The van der Waals surface area contributed by atoms with Gasteiger partial charge in [-0.3, -0.25) is 9.35 Å². The monoisotopic (exact) mass is 390 g/mol. The van der Waals surface area contributed by atoms with E-state index >= 15 is 0 Å². The van der Waals surface area contributed by atoms with Gasteiger partial charge < -0.3 is 9.16 Å². The second-order valence-corrected chi connectivity index (χ2v) is 12.3. The van der Waals surface area contributed by atoms with E-state index in [0.717, 1.165) is 25.7 Å². The molecule has 1 N–H and O–H groups in total. The van der Waals surface area contributed by atoms with Gasteiger partial charge in [-0.25, -0.2) is 0 Å². The van der Waals surface area contributed by atoms with Crippen LogP contribution in [0.5, 0.6) is 0 Å². The van der Waals surface area contributed by atoms with Gasteiger partial charge in [-0.05, 0) is 25.1 Å². The average Bonchev–Trinajstić information content (AvgIpc) is 2.47. The molecule has 0 aromatic rings. The molecule has 0 heterocycles. The van der Waals surface area contributed by atoms with Crippen molar-refractivity contribution in [2.75, 3.05) is 13.7 Å². The maximum Gasteiger partial charge on any atom is 0.402 e. The van der Waals surface area contributed by atoms with Crippen molar-refractivity contribution in [3.05, 3.63) is 0 Å². The topological polar surface area (TPSA) is 89.9 Å². The number of hydrogen-bond donors (Lipinski definition) is 1. The first-order valence-electron chi connectivity index (χ1n) is 7.93. The number of ether oxygens (including phenoxy) is 1. The van der Waals surface area contributed by atoms with E-state index in [4.69, 9.17) is 8.98 Å². The van der Waals surface area contributed by atoms with Crippen LogP contribution in [0.15, 0.2) is 0 Å². The zero-order chi connectivity index (χ0) is 19.0. The second-order valence-electron chi connectivity index (χ2n) is 6.31. The Kier molecular flexibility index (Phi) is 9.55. The third-order valence-electron chi connectivity index (χ3n) is 4.14. The van der Waals surface area contributed by atoms with Crippen LogP contribution >= 0.6 is 0 Å². The van der Waals surface area contributed by atoms with E-state index in [9.17, 15) is 22.0 Å². The molecule has 0 aliphatic rings. The third kappa shape index (κ3) is 7.99. The number of halogens is 2. The number of carbonyl (C=O) groups excluding carboxylic acids is 1. The highest BCUT2D eigenvalue weighted by atomic mass is 32.2. The van der Waals surface area contributed by atoms with Crippen molar-refractivity contribution >= 4 is 24.4 Å². The average molecular weight is 391 g/mol. The van der Waals surface area contributed by atoms with E-state index in [1.54, 1.807) is 7.11 Å². The lowest BCUT2D eigenvalue weighted by Crippen LogP contribution is -2.36. The quantitative estimate of drug-likeness (QED) is 0.237. The van der Waals surface area contributed by atoms with Crippen LogP contribution in [0.2, 0.25) is 18.6 Å². The highest BCUT2D eigenvalue weighted by Gasteiger charge is 2.45. The number of alkyl halides is 2. The van der Waals surface area contributed by atoms with Crippen LogP contribution in [-0.4, -0.2) is 46.2 Å². The Hall–Kier alpha value is -0.583. The largest absolute Gasteiger partial charge is 0.458 e. The van der Waals surface area contributed by atoms with Gasteiger partial charge >= 0.3 is 21.3 Å². The molecule has 0 aliphatic carbocycles. The Labute approximate surface area is 143 Å². The number of carbonyl (C=O) groups is 1. The minimum atomic E-state index is -5.60. The lowest BCUT2D eigenvalue weighted by Gasteiger charge is -2.30. The van der Waals surface area contributed by atoms with Crippen LogP contribution in [0.4, 0.5) is 8.78 Å². The number of unbranched alkanes of at least 4 members (excludes halogenated alkanes) is 2. The van der Waals surface area contributed by atoms with Gasteiger partial charge in [-0.2, -0.15) is 17.2 Å². The van der Waals surface area contributed by atoms with Crippen molar-refractivity contribution in [3.63, 3.8) is 0 Å². The second kappa shape index (κ2) is 9.78. The van der Waals surface area contributed by atoms with Gasteiger partial charge in [0.15, 0.2) is 14.9 Å². The standard InChI is InChI=1S/C14H28F2O6SSi/c1-5-6-7-8-12(24(3,4)21-2)9-10-13(17)22-11-14(15,16)23(18,19)20/h12H,5-11H2,1-4H3,(H,18,19,20). The molecule has 1 atom stereocenters. The molecule has 0 fully saturated rings. The van der Waals surface area contributed by atoms with Crippen LogP contribution < -0.4 is 0 Å². The summed E-state index contributed by atoms with van der Waals surface area (Å²) >= 11 is 0. The molecule has 10 heteroatoms. The lowest BCUT2D eigenvalue weighted by molar-refractivity contribution is -0.149. The Morgan fingerprint density at radius 3 is 2.29 bits per heavy atom. The van der Waals surface area contributed by atoms with Gasteiger partial charge in [0.25, 0.3) is 0 Å². The molecule has 0 spiro atoms. The number of esters is 1. The molecule has 0 rings (SSSR count). The van der Waals surface area contributed by atoms with Gasteiger partial charge in [0.05, 0.1) is 0 Å². The summed E-state index contributed by atoms with van der Waals surface area (Å²) in [7, 11) is -5.97. The van der Waals surface area contributed by atoms with E-state index < -0.39 is 36.3 Å². The van der Waals surface area contributed by atoms with Gasteiger partial charge in [0.1, 0.15) is 0 Å². The van der Waals surface area contributed by atoms with Crippen LogP contribution in [0.25, 0.3) is 0 Å². The van der Waals surface area contributed by atoms with Gasteiger partial charge in [0, 0.05) is 13.5 Å². The fourth-order valence-electron chi connectivity index (χ4n) is 2.25. The predicted octanol–water partition coefficient (Wildman–Crippen LogP) is 3.59. The molecule has 1 unspecified atom stereocenters. The summed E-state index contributed by atoms with van der Waals surface area (Å²) in [4.78, 5) is 11.6. The van der Waals surface area contributed by atoms with Crippen molar-refractivity contribution < 1.29 is 35.7 Å². The number of rotatable bonds is 12. The Morgan fingerprint density at radius 1 is 1.25 bits per heavy atom. The maximum atomic E-state index is 13.0. The summed E-state index contributed by atoms with van der Waals surface area (Å²) in [5.41, 5.74) is 0.170. The summed E-state index contributed by atoms with van der Waals surface area (Å²) in [6.45, 7) is 4.46. The summed E-state index contributed by atoms with van der Waals surface area (Å²) in [6.07, 6.45) is 4.35. The molecule has 0 bridgehead atoms. The SMILES string of the molecule is CCCCCC(CCC(=O)OCC(F)(F)S(=O)(=O)O)[Si](C)(C)OC. The molecule has 0 amide bonds. The van der Waals surface area contributed by atoms with E-state index in [1.807, 2.05) is 13.1 Å². The predicted molar refractivity (Wildman–Crippen MR) is 89.1 cm³/mol. The summed E-state index contributed by atoms with van der Waals surface area (Å²) in [6, 6.07) is 0. The molecule has 0 aliphatic heterocycles. The molecule has 24 heavy (non-hydrogen) atoms. The molecular formula is C14H28F2O6SSi. The normalized spacial score (nSPS) is 14.5. The van der Waals surface area contributed by atoms with Crippen molar-refractivity contribution in [3.8, 4) is 0 Å². The van der Waals surface area contributed by atoms with Crippen molar-refractivity contribution in [2.45, 2.75) is 69.3 Å². The minimum Gasteiger partial charge on any atom is -0.458 e. The number of hydrogen-bond acceptors (Lipinski definition) is 5. The fraction of sp³-hybridized carbons (Fsp3) is 0.929. The van der Waals surface area contributed by atoms with E-state index in [-0.39, 0.29) is 12.0 Å². The lowest BCUT2D eigenvalue weighted by atomic mass is 10.1. The zero-order valence-electron chi connectivity index (χ0n) is 14.7. The van der Waals surface area contributed by atoms with Gasteiger partial charge in [-0.1, -0.05) is 32.6 Å². The molecule has 144 valence electrons. The third-order valence-corrected chi connectivity index (χ3v) is 8.61. The van der Waals surface area contributed by atoms with Crippen LogP contribution in [0, 0.1) is 0 Å². The Balaban J connectivity index is 4.55. The van der Waals surface area contributed by atoms with Gasteiger partial charge in [0.2, 0.25) is 0 Å². The van der Waals surface area contributed by atoms with E-state index in [0.29, 0.717) is 6.42 Å². The minimum absolute atomic E-state index is 0.0991. The summed E-state index contributed by atoms with van der Waals surface area (Å²) in [5.74, 6) is -0.917. The molecular weight excluding hydrogens is 362 g/mol. The smallest absolute Gasteiger partial charge is 0.402 e. The summed E-state index contributed by atoms with van der Waals surface area (Å²) in [5, 5.41) is -4.50. The highest BCUT2D eigenvalue weighted by Crippen LogP contribution is 2.33. The van der Waals surface area contributed by atoms with Crippen LogP contribution in [0.3, 0.4) is 0 Å². The van der Waals surface area contributed by atoms with Crippen molar-refractivity contribution in [1.29, 1.82) is 0 Å². The van der Waals surface area contributed by atoms with Crippen LogP contribution in [-0.2, 0) is 24.1 Å². The van der Waals surface area contributed by atoms with Gasteiger partial charge in [-0.15, -0.1) is 0 Å². The van der Waals surface area contributed by atoms with Crippen LogP contribution in [0.1, 0.15) is 45.4 Å². The first-order chi connectivity index (χ1) is 10.9. The maximum absolute atomic E-state index is 13.0. The van der Waals surface area contributed by atoms with Crippen molar-refractivity contribution in [2.24, 2.45) is 0 Å². The molecule has 0 aromatic heterocycles. The zero-order valence-corrected chi connectivity index (χ0v) is 16.5.